The van der Waals surface area contributed by atoms with Crippen LogP contribution in [0.4, 0.5) is 10.2 Å². The Labute approximate surface area is 169 Å². The summed E-state index contributed by atoms with van der Waals surface area (Å²) in [5, 5.41) is 9.55. The van der Waals surface area contributed by atoms with Crippen molar-refractivity contribution in [2.24, 2.45) is 5.73 Å². The monoisotopic (exact) mass is 409 g/mol. The maximum Gasteiger partial charge on any atom is 0.262 e. The Balaban J connectivity index is 1.65. The third kappa shape index (κ3) is 3.28. The molecular weight excluding hydrogens is 393 g/mol. The number of nitrogens with two attached hydrogens (primary N) is 1. The van der Waals surface area contributed by atoms with E-state index in [1.807, 2.05) is 0 Å². The largest absolute Gasteiger partial charge is 0.370 e. The molecule has 10 heteroatoms. The van der Waals surface area contributed by atoms with Gasteiger partial charge in [0.15, 0.2) is 5.82 Å². The summed E-state index contributed by atoms with van der Waals surface area (Å²) in [6.45, 7) is 0. The van der Waals surface area contributed by atoms with E-state index < -0.39 is 35.5 Å². The quantitative estimate of drug-likeness (QED) is 0.531. The second-order valence-electron chi connectivity index (χ2n) is 6.80. The topological polar surface area (TPSA) is 138 Å². The number of nitrogens with one attached hydrogen (secondary N) is 2. The van der Waals surface area contributed by atoms with Gasteiger partial charge in [-0.3, -0.25) is 29.2 Å². The highest BCUT2D eigenvalue weighted by molar-refractivity contribution is 6.23. The van der Waals surface area contributed by atoms with Crippen molar-refractivity contribution in [3.63, 3.8) is 0 Å². The molecule has 30 heavy (non-hydrogen) atoms. The predicted octanol–water partition coefficient (Wildman–Crippen LogP) is 1.57. The smallest absolute Gasteiger partial charge is 0.262 e. The summed E-state index contributed by atoms with van der Waals surface area (Å²) in [7, 11) is 0. The maximum atomic E-state index is 13.4. The highest BCUT2D eigenvalue weighted by atomic mass is 19.1. The van der Waals surface area contributed by atoms with Crippen molar-refractivity contribution >= 4 is 40.3 Å². The molecule has 4 N–H and O–H groups in total. The van der Waals surface area contributed by atoms with Crippen molar-refractivity contribution in [2.75, 3.05) is 5.32 Å². The van der Waals surface area contributed by atoms with Gasteiger partial charge < -0.3 is 11.1 Å². The number of imide groups is 1. The van der Waals surface area contributed by atoms with E-state index in [-0.39, 0.29) is 29.8 Å². The van der Waals surface area contributed by atoms with Crippen LogP contribution in [0.15, 0.2) is 42.5 Å². The van der Waals surface area contributed by atoms with E-state index in [1.54, 1.807) is 12.1 Å². The van der Waals surface area contributed by atoms with E-state index in [9.17, 15) is 23.6 Å². The number of fused-ring (bicyclic) bond motifs is 2. The number of anilines is 1. The van der Waals surface area contributed by atoms with E-state index in [2.05, 4.69) is 15.5 Å². The van der Waals surface area contributed by atoms with Gasteiger partial charge in [-0.2, -0.15) is 5.10 Å². The number of aromatic nitrogens is 2. The molecule has 0 saturated carbocycles. The van der Waals surface area contributed by atoms with E-state index >= 15 is 0 Å². The molecule has 2 aromatic carbocycles. The minimum Gasteiger partial charge on any atom is -0.370 e. The third-order valence-electron chi connectivity index (χ3n) is 4.87. The molecule has 1 unspecified atom stereocenters. The van der Waals surface area contributed by atoms with Gasteiger partial charge in [-0.1, -0.05) is 12.1 Å². The van der Waals surface area contributed by atoms with Crippen LogP contribution in [0.5, 0.6) is 0 Å². The Hall–Kier alpha value is -4.08. The lowest BCUT2D eigenvalue weighted by atomic mass is 10.1. The van der Waals surface area contributed by atoms with Crippen molar-refractivity contribution in [1.82, 2.24) is 15.1 Å². The van der Waals surface area contributed by atoms with Crippen molar-refractivity contribution < 1.29 is 23.6 Å². The summed E-state index contributed by atoms with van der Waals surface area (Å²) < 4.78 is 13.4. The van der Waals surface area contributed by atoms with E-state index in [4.69, 9.17) is 5.73 Å². The molecule has 0 bridgehead atoms. The Morgan fingerprint density at radius 3 is 2.43 bits per heavy atom. The third-order valence-corrected chi connectivity index (χ3v) is 4.87. The number of aromatic amines is 1. The van der Waals surface area contributed by atoms with E-state index in [1.165, 1.54) is 30.3 Å². The average molecular weight is 409 g/mol. The summed E-state index contributed by atoms with van der Waals surface area (Å²) in [4.78, 5) is 50.7. The molecule has 4 amide bonds. The fourth-order valence-electron chi connectivity index (χ4n) is 3.43. The van der Waals surface area contributed by atoms with Gasteiger partial charge in [0.2, 0.25) is 11.8 Å². The van der Waals surface area contributed by atoms with Crippen molar-refractivity contribution in [2.45, 2.75) is 18.9 Å². The molecule has 0 saturated heterocycles. The maximum absolute atomic E-state index is 13.4. The molecule has 2 heterocycles. The number of benzene rings is 2. The first-order valence-electron chi connectivity index (χ1n) is 9.06. The molecule has 4 rings (SSSR count). The first-order chi connectivity index (χ1) is 14.4. The Morgan fingerprint density at radius 1 is 1.13 bits per heavy atom. The molecule has 1 aliphatic rings. The molecule has 1 aromatic heterocycles. The first kappa shape index (κ1) is 19.2. The fourth-order valence-corrected chi connectivity index (χ4v) is 3.43. The van der Waals surface area contributed by atoms with Crippen LogP contribution in [0.2, 0.25) is 0 Å². The number of carbonyl (C=O) groups is 4. The number of amides is 4. The van der Waals surface area contributed by atoms with Crippen LogP contribution in [-0.4, -0.2) is 44.8 Å². The summed E-state index contributed by atoms with van der Waals surface area (Å²) >= 11 is 0. The van der Waals surface area contributed by atoms with E-state index in [0.29, 0.717) is 10.9 Å². The zero-order chi connectivity index (χ0) is 21.4. The first-order valence-corrected chi connectivity index (χ1v) is 9.06. The number of hydrogen-bond donors (Lipinski definition) is 3. The predicted molar refractivity (Wildman–Crippen MR) is 104 cm³/mol. The molecule has 9 nitrogen and oxygen atoms in total. The van der Waals surface area contributed by atoms with Crippen LogP contribution in [0.3, 0.4) is 0 Å². The molecule has 0 spiro atoms. The van der Waals surface area contributed by atoms with Crippen LogP contribution >= 0.6 is 0 Å². The minimum absolute atomic E-state index is 0.107. The van der Waals surface area contributed by atoms with Crippen LogP contribution in [0.25, 0.3) is 10.9 Å². The van der Waals surface area contributed by atoms with Gasteiger partial charge in [0.05, 0.1) is 16.6 Å². The molecular formula is C20H16FN5O4. The van der Waals surface area contributed by atoms with Crippen LogP contribution in [-0.2, 0) is 9.59 Å². The van der Waals surface area contributed by atoms with Gasteiger partial charge in [0.1, 0.15) is 11.9 Å². The van der Waals surface area contributed by atoms with Gasteiger partial charge in [-0.25, -0.2) is 4.39 Å². The van der Waals surface area contributed by atoms with Gasteiger partial charge in [0.25, 0.3) is 11.8 Å². The van der Waals surface area contributed by atoms with Gasteiger partial charge in [-0.15, -0.1) is 0 Å². The van der Waals surface area contributed by atoms with Gasteiger partial charge in [-0.05, 0) is 36.8 Å². The van der Waals surface area contributed by atoms with Gasteiger partial charge in [0, 0.05) is 11.8 Å². The molecule has 0 aliphatic carbocycles. The average Bonchev–Trinajstić information content (AvgIpc) is 3.21. The lowest BCUT2D eigenvalue weighted by Gasteiger charge is -2.24. The number of primary amides is 1. The number of nitrogens with zero attached hydrogens (tertiary/aromatic N) is 2. The standard InChI is InChI=1S/C20H16FN5O4/c21-10-5-6-13-14(9-10)24-25-17(13)23-18(28)15(7-8-16(22)27)26-19(29)11-3-1-2-4-12(11)20(26)30/h1-6,9,15H,7-8H2,(H2,22,27)(H2,23,24,25,28). The molecule has 0 radical (unpaired) electrons. The second kappa shape index (κ2) is 7.39. The fraction of sp³-hybridized carbons (Fsp3) is 0.150. The number of H-pyrrole nitrogens is 1. The summed E-state index contributed by atoms with van der Waals surface area (Å²) in [6.07, 6.45) is -0.359. The van der Waals surface area contributed by atoms with Crippen LogP contribution < -0.4 is 11.1 Å². The minimum atomic E-state index is -1.28. The molecule has 1 aliphatic heterocycles. The molecule has 1 atom stereocenters. The summed E-state index contributed by atoms with van der Waals surface area (Å²) in [6, 6.07) is 8.79. The molecule has 0 fully saturated rings. The summed E-state index contributed by atoms with van der Waals surface area (Å²) in [5.41, 5.74) is 5.93. The summed E-state index contributed by atoms with van der Waals surface area (Å²) in [5.74, 6) is -3.03. The Morgan fingerprint density at radius 2 is 1.80 bits per heavy atom. The SMILES string of the molecule is NC(=O)CCC(C(=O)Nc1n[nH]c2cc(F)ccc12)N1C(=O)c2ccccc2C1=O. The lowest BCUT2D eigenvalue weighted by molar-refractivity contribution is -0.121. The van der Waals surface area contributed by atoms with Gasteiger partial charge >= 0.3 is 0 Å². The van der Waals surface area contributed by atoms with Crippen molar-refractivity contribution in [1.29, 1.82) is 0 Å². The molecule has 3 aromatic rings. The lowest BCUT2D eigenvalue weighted by Crippen LogP contribution is -2.47. The van der Waals surface area contributed by atoms with Crippen LogP contribution in [0.1, 0.15) is 33.6 Å². The number of carbonyl (C=O) groups excluding carboxylic acids is 4. The normalized spacial score (nSPS) is 14.1. The van der Waals surface area contributed by atoms with Crippen molar-refractivity contribution in [3.05, 3.63) is 59.4 Å². The number of rotatable bonds is 6. The second-order valence-corrected chi connectivity index (χ2v) is 6.80. The highest BCUT2D eigenvalue weighted by Crippen LogP contribution is 2.27. The number of halogens is 1. The zero-order valence-electron chi connectivity index (χ0n) is 15.5. The molecule has 152 valence electrons. The number of hydrogen-bond acceptors (Lipinski definition) is 5. The van der Waals surface area contributed by atoms with Crippen LogP contribution in [0, 0.1) is 5.82 Å². The zero-order valence-corrected chi connectivity index (χ0v) is 15.5. The Bertz CT molecular complexity index is 1170. The highest BCUT2D eigenvalue weighted by Gasteiger charge is 2.42. The van der Waals surface area contributed by atoms with Crippen molar-refractivity contribution in [3.8, 4) is 0 Å². The van der Waals surface area contributed by atoms with E-state index in [0.717, 1.165) is 4.90 Å². The Kier molecular flexibility index (Phi) is 4.74.